The van der Waals surface area contributed by atoms with Gasteiger partial charge in [-0.25, -0.2) is 0 Å². The molecule has 0 spiro atoms. The highest BCUT2D eigenvalue weighted by Gasteiger charge is 2.34. The summed E-state index contributed by atoms with van der Waals surface area (Å²) in [7, 11) is 0. The van der Waals surface area contributed by atoms with E-state index in [1.165, 1.54) is 25.3 Å². The summed E-state index contributed by atoms with van der Waals surface area (Å²) in [5.41, 5.74) is -0.220. The third-order valence-corrected chi connectivity index (χ3v) is 5.60. The highest BCUT2D eigenvalue weighted by Crippen LogP contribution is 2.32. The number of piperazine rings is 1. The van der Waals surface area contributed by atoms with E-state index in [0.29, 0.717) is 18.8 Å². The van der Waals surface area contributed by atoms with E-state index in [1.54, 1.807) is 17.9 Å². The van der Waals surface area contributed by atoms with Gasteiger partial charge in [0.15, 0.2) is 0 Å². The number of halogens is 3. The van der Waals surface area contributed by atoms with Crippen molar-refractivity contribution < 1.29 is 18.0 Å². The van der Waals surface area contributed by atoms with Crippen molar-refractivity contribution in [3.05, 3.63) is 29.8 Å². The molecule has 3 rings (SSSR count). The zero-order valence-electron chi connectivity index (χ0n) is 15.8. The Labute approximate surface area is 158 Å². The Kier molecular flexibility index (Phi) is 6.29. The lowest BCUT2D eigenvalue weighted by Crippen LogP contribution is -2.56. The molecular formula is C20H28F3N3O. The first-order chi connectivity index (χ1) is 12.9. The quantitative estimate of drug-likeness (QED) is 0.777. The van der Waals surface area contributed by atoms with Gasteiger partial charge in [-0.1, -0.05) is 12.5 Å². The van der Waals surface area contributed by atoms with Crippen LogP contribution in [0, 0.1) is 0 Å². The molecule has 7 heteroatoms. The molecule has 1 amide bonds. The summed E-state index contributed by atoms with van der Waals surface area (Å²) >= 11 is 0. The zero-order chi connectivity index (χ0) is 19.4. The zero-order valence-corrected chi connectivity index (χ0v) is 15.8. The molecule has 2 saturated heterocycles. The fourth-order valence-corrected chi connectivity index (χ4v) is 4.03. The van der Waals surface area contributed by atoms with E-state index in [9.17, 15) is 18.0 Å². The average Bonchev–Trinajstić information content (AvgIpc) is 2.65. The Bertz CT molecular complexity index is 644. The number of amides is 1. The van der Waals surface area contributed by atoms with Crippen molar-refractivity contribution in [1.29, 1.82) is 0 Å². The molecule has 0 saturated carbocycles. The van der Waals surface area contributed by atoms with Gasteiger partial charge in [0.05, 0.1) is 5.56 Å². The fraction of sp³-hybridized carbons (Fsp3) is 0.650. The number of alkyl halides is 3. The van der Waals surface area contributed by atoms with Crippen molar-refractivity contribution in [3.63, 3.8) is 0 Å². The van der Waals surface area contributed by atoms with Crippen LogP contribution in [-0.2, 0) is 11.0 Å². The minimum atomic E-state index is -4.38. The molecule has 2 heterocycles. The second-order valence-electron chi connectivity index (χ2n) is 7.50. The maximum Gasteiger partial charge on any atom is 0.416 e. The van der Waals surface area contributed by atoms with Crippen LogP contribution in [-0.4, -0.2) is 61.0 Å². The minimum Gasteiger partial charge on any atom is -0.358 e. The lowest BCUT2D eigenvalue weighted by Gasteiger charge is -2.41. The van der Waals surface area contributed by atoms with Crippen LogP contribution in [0.15, 0.2) is 24.3 Å². The first kappa shape index (κ1) is 20.0. The van der Waals surface area contributed by atoms with Crippen LogP contribution in [0.1, 0.15) is 38.2 Å². The summed E-state index contributed by atoms with van der Waals surface area (Å²) in [5.74, 6) is -0.00249. The summed E-state index contributed by atoms with van der Waals surface area (Å²) in [4.78, 5) is 18.8. The number of rotatable bonds is 5. The SMILES string of the molecule is C[C@@H]1C(=O)N(CCCN2CCCCC2)CCN1c1cccc(C(F)(F)F)c1. The molecule has 150 valence electrons. The van der Waals surface area contributed by atoms with Gasteiger partial charge >= 0.3 is 6.18 Å². The van der Waals surface area contributed by atoms with Crippen LogP contribution in [0.25, 0.3) is 0 Å². The number of anilines is 1. The van der Waals surface area contributed by atoms with Crippen molar-refractivity contribution in [2.24, 2.45) is 0 Å². The molecule has 0 N–H and O–H groups in total. The topological polar surface area (TPSA) is 26.8 Å². The van der Waals surface area contributed by atoms with E-state index < -0.39 is 17.8 Å². The monoisotopic (exact) mass is 383 g/mol. The van der Waals surface area contributed by atoms with Gasteiger partial charge in [-0.2, -0.15) is 13.2 Å². The maximum absolute atomic E-state index is 13.0. The number of hydrogen-bond acceptors (Lipinski definition) is 3. The van der Waals surface area contributed by atoms with Gasteiger partial charge in [0.25, 0.3) is 0 Å². The van der Waals surface area contributed by atoms with Gasteiger partial charge in [-0.3, -0.25) is 4.79 Å². The van der Waals surface area contributed by atoms with Gasteiger partial charge < -0.3 is 14.7 Å². The van der Waals surface area contributed by atoms with Gasteiger partial charge in [-0.15, -0.1) is 0 Å². The third kappa shape index (κ3) is 4.94. The summed E-state index contributed by atoms with van der Waals surface area (Å²) in [6.07, 6.45) is 0.392. The molecule has 1 aromatic carbocycles. The van der Waals surface area contributed by atoms with Gasteiger partial charge in [0, 0.05) is 25.3 Å². The first-order valence-electron chi connectivity index (χ1n) is 9.81. The third-order valence-electron chi connectivity index (χ3n) is 5.60. The van der Waals surface area contributed by atoms with E-state index in [-0.39, 0.29) is 5.91 Å². The Balaban J connectivity index is 1.56. The smallest absolute Gasteiger partial charge is 0.358 e. The number of nitrogens with zero attached hydrogens (tertiary/aromatic N) is 3. The van der Waals surface area contributed by atoms with Crippen molar-refractivity contribution >= 4 is 11.6 Å². The van der Waals surface area contributed by atoms with Crippen LogP contribution >= 0.6 is 0 Å². The lowest BCUT2D eigenvalue weighted by atomic mass is 10.1. The standard InChI is InChI=1S/C20H28F3N3O/c1-16-19(27)25(12-6-11-24-9-3-2-4-10-24)13-14-26(16)18-8-5-7-17(15-18)20(21,22)23/h5,7-8,15-16H,2-4,6,9-14H2,1H3/t16-/m1/s1. The van der Waals surface area contributed by atoms with Crippen LogP contribution in [0.5, 0.6) is 0 Å². The molecule has 2 fully saturated rings. The van der Waals surface area contributed by atoms with E-state index in [1.807, 2.05) is 4.90 Å². The fourth-order valence-electron chi connectivity index (χ4n) is 4.03. The number of benzene rings is 1. The van der Waals surface area contributed by atoms with E-state index >= 15 is 0 Å². The molecule has 2 aliphatic rings. The maximum atomic E-state index is 13.0. The molecule has 0 aliphatic carbocycles. The second-order valence-corrected chi connectivity index (χ2v) is 7.50. The first-order valence-corrected chi connectivity index (χ1v) is 9.81. The van der Waals surface area contributed by atoms with E-state index in [4.69, 9.17) is 0 Å². The van der Waals surface area contributed by atoms with Gasteiger partial charge in [-0.05, 0) is 64.0 Å². The largest absolute Gasteiger partial charge is 0.416 e. The molecule has 1 atom stereocenters. The molecular weight excluding hydrogens is 355 g/mol. The van der Waals surface area contributed by atoms with Crippen LogP contribution in [0.2, 0.25) is 0 Å². The summed E-state index contributed by atoms with van der Waals surface area (Å²) < 4.78 is 38.9. The Hall–Kier alpha value is -1.76. The normalized spacial score (nSPS) is 22.4. The molecule has 0 aromatic heterocycles. The van der Waals surface area contributed by atoms with Crippen molar-refractivity contribution in [2.45, 2.75) is 44.8 Å². The Morgan fingerprint density at radius 2 is 1.78 bits per heavy atom. The van der Waals surface area contributed by atoms with Gasteiger partial charge in [0.2, 0.25) is 5.91 Å². The summed E-state index contributed by atoms with van der Waals surface area (Å²) in [6.45, 7) is 6.91. The molecule has 0 radical (unpaired) electrons. The highest BCUT2D eigenvalue weighted by atomic mass is 19.4. The van der Waals surface area contributed by atoms with E-state index in [2.05, 4.69) is 4.90 Å². The number of carbonyl (C=O) groups excluding carboxylic acids is 1. The minimum absolute atomic E-state index is 0.00249. The molecule has 2 aliphatic heterocycles. The van der Waals surface area contributed by atoms with Crippen molar-refractivity contribution in [1.82, 2.24) is 9.80 Å². The number of piperidine rings is 1. The summed E-state index contributed by atoms with van der Waals surface area (Å²) in [6, 6.07) is 4.80. The number of hydrogen-bond donors (Lipinski definition) is 0. The predicted octanol–water partition coefficient (Wildman–Crippen LogP) is 3.62. The van der Waals surface area contributed by atoms with Crippen LogP contribution in [0.4, 0.5) is 18.9 Å². The number of carbonyl (C=O) groups is 1. The highest BCUT2D eigenvalue weighted by molar-refractivity contribution is 5.86. The predicted molar refractivity (Wildman–Crippen MR) is 99.7 cm³/mol. The second kappa shape index (κ2) is 8.50. The average molecular weight is 383 g/mol. The molecule has 1 aromatic rings. The van der Waals surface area contributed by atoms with Crippen LogP contribution in [0.3, 0.4) is 0 Å². The summed E-state index contributed by atoms with van der Waals surface area (Å²) in [5, 5.41) is 0. The van der Waals surface area contributed by atoms with Crippen molar-refractivity contribution in [2.75, 3.05) is 44.2 Å². The Morgan fingerprint density at radius 1 is 1.04 bits per heavy atom. The molecule has 0 unspecified atom stereocenters. The molecule has 0 bridgehead atoms. The van der Waals surface area contributed by atoms with E-state index in [0.717, 1.165) is 44.7 Å². The molecule has 4 nitrogen and oxygen atoms in total. The molecule has 27 heavy (non-hydrogen) atoms. The Morgan fingerprint density at radius 3 is 2.48 bits per heavy atom. The van der Waals surface area contributed by atoms with Crippen molar-refractivity contribution in [3.8, 4) is 0 Å². The van der Waals surface area contributed by atoms with Gasteiger partial charge in [0.1, 0.15) is 6.04 Å². The number of likely N-dealkylation sites (tertiary alicyclic amines) is 1. The van der Waals surface area contributed by atoms with Crippen LogP contribution < -0.4 is 4.90 Å². The lowest BCUT2D eigenvalue weighted by molar-refractivity contribution is -0.137.